The number of hydrogen-bond acceptors (Lipinski definition) is 5. The van der Waals surface area contributed by atoms with Crippen molar-refractivity contribution in [3.8, 4) is 0 Å². The third-order valence-corrected chi connectivity index (χ3v) is 6.72. The molecule has 0 amide bonds. The number of fused-ring (bicyclic) bond motifs is 1. The minimum Gasteiger partial charge on any atom is -0.327 e. The number of rotatable bonds is 3. The summed E-state index contributed by atoms with van der Waals surface area (Å²) >= 11 is 0. The maximum Gasteiger partial charge on any atom is 0.273 e. The van der Waals surface area contributed by atoms with Crippen molar-refractivity contribution >= 4 is 15.7 Å². The average molecular weight is 325 g/mol. The van der Waals surface area contributed by atoms with Crippen LogP contribution in [0.2, 0.25) is 0 Å². The minimum absolute atomic E-state index is 0.0154. The first-order valence-corrected chi connectivity index (χ1v) is 8.75. The Morgan fingerprint density at radius 3 is 2.68 bits per heavy atom. The molecule has 1 aromatic carbocycles. The largest absolute Gasteiger partial charge is 0.327 e. The Kier molecular flexibility index (Phi) is 3.70. The SMILES string of the molecule is Cc1ccc(S(=O)(=O)N2CC3CCC(N)C3C2)cc1[N+](=O)[O-]. The first kappa shape index (κ1) is 15.4. The third-order valence-electron chi connectivity index (χ3n) is 4.89. The van der Waals surface area contributed by atoms with E-state index in [0.29, 0.717) is 24.6 Å². The first-order valence-electron chi connectivity index (χ1n) is 7.31. The van der Waals surface area contributed by atoms with Crippen LogP contribution in [0.25, 0.3) is 0 Å². The van der Waals surface area contributed by atoms with Crippen LogP contribution in [0.15, 0.2) is 23.1 Å². The van der Waals surface area contributed by atoms with Crippen molar-refractivity contribution < 1.29 is 13.3 Å². The molecule has 7 nitrogen and oxygen atoms in total. The van der Waals surface area contributed by atoms with Crippen molar-refractivity contribution in [1.29, 1.82) is 0 Å². The fourth-order valence-corrected chi connectivity index (χ4v) is 5.11. The van der Waals surface area contributed by atoms with Gasteiger partial charge in [-0.25, -0.2) is 8.42 Å². The summed E-state index contributed by atoms with van der Waals surface area (Å²) in [5, 5.41) is 11.0. The molecule has 120 valence electrons. The Balaban J connectivity index is 1.91. The normalized spacial score (nSPS) is 28.7. The van der Waals surface area contributed by atoms with Crippen molar-refractivity contribution in [2.45, 2.75) is 30.7 Å². The lowest BCUT2D eigenvalue weighted by molar-refractivity contribution is -0.385. The van der Waals surface area contributed by atoms with Gasteiger partial charge in [0.15, 0.2) is 0 Å². The zero-order chi connectivity index (χ0) is 16.1. The number of nitro benzene ring substituents is 1. The highest BCUT2D eigenvalue weighted by Crippen LogP contribution is 2.39. The lowest BCUT2D eigenvalue weighted by atomic mass is 9.98. The van der Waals surface area contributed by atoms with Gasteiger partial charge in [-0.2, -0.15) is 4.31 Å². The Morgan fingerprint density at radius 1 is 1.32 bits per heavy atom. The molecule has 3 unspecified atom stereocenters. The molecule has 0 bridgehead atoms. The Hall–Kier alpha value is -1.51. The molecule has 3 atom stereocenters. The Labute approximate surface area is 129 Å². The maximum atomic E-state index is 12.7. The van der Waals surface area contributed by atoms with Gasteiger partial charge in [0.2, 0.25) is 10.0 Å². The fraction of sp³-hybridized carbons (Fsp3) is 0.571. The van der Waals surface area contributed by atoms with E-state index >= 15 is 0 Å². The van der Waals surface area contributed by atoms with Gasteiger partial charge in [-0.15, -0.1) is 0 Å². The standard InChI is InChI=1S/C14H19N3O4S/c1-9-2-4-11(6-14(9)17(18)19)22(20,21)16-7-10-3-5-13(15)12(10)8-16/h2,4,6,10,12-13H,3,5,7-8,15H2,1H3. The number of nitrogens with two attached hydrogens (primary N) is 1. The van der Waals surface area contributed by atoms with Crippen molar-refractivity contribution in [3.63, 3.8) is 0 Å². The molecule has 2 fully saturated rings. The summed E-state index contributed by atoms with van der Waals surface area (Å²) in [5.41, 5.74) is 6.32. The smallest absolute Gasteiger partial charge is 0.273 e. The van der Waals surface area contributed by atoms with E-state index in [9.17, 15) is 18.5 Å². The fourth-order valence-electron chi connectivity index (χ4n) is 3.56. The molecule has 1 saturated carbocycles. The quantitative estimate of drug-likeness (QED) is 0.665. The van der Waals surface area contributed by atoms with Crippen LogP contribution in [0.3, 0.4) is 0 Å². The molecule has 0 aromatic heterocycles. The van der Waals surface area contributed by atoms with Crippen LogP contribution >= 0.6 is 0 Å². The molecular weight excluding hydrogens is 306 g/mol. The maximum absolute atomic E-state index is 12.7. The van der Waals surface area contributed by atoms with Crippen LogP contribution in [-0.4, -0.2) is 36.8 Å². The second kappa shape index (κ2) is 5.29. The van der Waals surface area contributed by atoms with Crippen molar-refractivity contribution in [3.05, 3.63) is 33.9 Å². The number of aryl methyl sites for hydroxylation is 1. The topological polar surface area (TPSA) is 107 Å². The zero-order valence-corrected chi connectivity index (χ0v) is 13.1. The molecule has 1 saturated heterocycles. The first-order chi connectivity index (χ1) is 10.3. The van der Waals surface area contributed by atoms with E-state index in [0.717, 1.165) is 18.9 Å². The predicted octanol–water partition coefficient (Wildman–Crippen LogP) is 1.26. The van der Waals surface area contributed by atoms with Gasteiger partial charge in [-0.3, -0.25) is 10.1 Å². The number of nitro groups is 1. The van der Waals surface area contributed by atoms with Gasteiger partial charge in [-0.1, -0.05) is 6.07 Å². The summed E-state index contributed by atoms with van der Waals surface area (Å²) in [4.78, 5) is 10.4. The molecule has 0 radical (unpaired) electrons. The van der Waals surface area contributed by atoms with E-state index in [-0.39, 0.29) is 22.5 Å². The van der Waals surface area contributed by atoms with Gasteiger partial charge in [0.1, 0.15) is 0 Å². The third kappa shape index (κ3) is 2.41. The number of hydrogen-bond donors (Lipinski definition) is 1. The molecule has 1 aliphatic carbocycles. The predicted molar refractivity (Wildman–Crippen MR) is 80.8 cm³/mol. The van der Waals surface area contributed by atoms with E-state index in [1.165, 1.54) is 16.4 Å². The van der Waals surface area contributed by atoms with Gasteiger partial charge in [0, 0.05) is 30.8 Å². The lowest BCUT2D eigenvalue weighted by Gasteiger charge is -2.18. The van der Waals surface area contributed by atoms with Crippen LogP contribution in [0.4, 0.5) is 5.69 Å². The summed E-state index contributed by atoms with van der Waals surface area (Å²) in [6.07, 6.45) is 1.89. The summed E-state index contributed by atoms with van der Waals surface area (Å²) in [7, 11) is -3.70. The lowest BCUT2D eigenvalue weighted by Crippen LogP contribution is -2.33. The molecule has 2 N–H and O–H groups in total. The molecule has 8 heteroatoms. The van der Waals surface area contributed by atoms with E-state index in [1.807, 2.05) is 0 Å². The van der Waals surface area contributed by atoms with Crippen LogP contribution < -0.4 is 5.73 Å². The molecule has 1 aromatic rings. The molecular formula is C14H19N3O4S. The zero-order valence-electron chi connectivity index (χ0n) is 12.3. The van der Waals surface area contributed by atoms with Crippen molar-refractivity contribution in [2.75, 3.05) is 13.1 Å². The summed E-state index contributed by atoms with van der Waals surface area (Å²) in [6, 6.07) is 4.12. The molecule has 22 heavy (non-hydrogen) atoms. The highest BCUT2D eigenvalue weighted by molar-refractivity contribution is 7.89. The summed E-state index contributed by atoms with van der Waals surface area (Å²) in [6.45, 7) is 2.46. The van der Waals surface area contributed by atoms with Gasteiger partial charge in [0.25, 0.3) is 5.69 Å². The van der Waals surface area contributed by atoms with E-state index in [1.54, 1.807) is 6.92 Å². The summed E-state index contributed by atoms with van der Waals surface area (Å²) in [5.74, 6) is 0.514. The van der Waals surface area contributed by atoms with Crippen molar-refractivity contribution in [1.82, 2.24) is 4.31 Å². The second-order valence-corrected chi connectivity index (χ2v) is 8.13. The van der Waals surface area contributed by atoms with Crippen LogP contribution in [-0.2, 0) is 10.0 Å². The van der Waals surface area contributed by atoms with Gasteiger partial charge >= 0.3 is 0 Å². The molecule has 0 spiro atoms. The van der Waals surface area contributed by atoms with E-state index in [4.69, 9.17) is 5.73 Å². The van der Waals surface area contributed by atoms with Gasteiger partial charge in [0.05, 0.1) is 9.82 Å². The minimum atomic E-state index is -3.70. The van der Waals surface area contributed by atoms with Gasteiger partial charge in [-0.05, 0) is 37.7 Å². The molecule has 1 aliphatic heterocycles. The monoisotopic (exact) mass is 325 g/mol. The number of sulfonamides is 1. The highest BCUT2D eigenvalue weighted by Gasteiger charge is 2.45. The van der Waals surface area contributed by atoms with Crippen LogP contribution in [0.1, 0.15) is 18.4 Å². The van der Waals surface area contributed by atoms with Crippen LogP contribution in [0, 0.1) is 28.9 Å². The average Bonchev–Trinajstić information content (AvgIpc) is 3.02. The highest BCUT2D eigenvalue weighted by atomic mass is 32.2. The molecule has 1 heterocycles. The second-order valence-electron chi connectivity index (χ2n) is 6.19. The number of benzene rings is 1. The van der Waals surface area contributed by atoms with E-state index < -0.39 is 14.9 Å². The summed E-state index contributed by atoms with van der Waals surface area (Å²) < 4.78 is 26.9. The van der Waals surface area contributed by atoms with Gasteiger partial charge < -0.3 is 5.73 Å². The van der Waals surface area contributed by atoms with Crippen molar-refractivity contribution in [2.24, 2.45) is 17.6 Å². The number of nitrogens with zero attached hydrogens (tertiary/aromatic N) is 2. The Bertz CT molecular complexity index is 719. The Morgan fingerprint density at radius 2 is 2.05 bits per heavy atom. The van der Waals surface area contributed by atoms with E-state index in [2.05, 4.69) is 0 Å². The molecule has 2 aliphatic rings. The van der Waals surface area contributed by atoms with Crippen LogP contribution in [0.5, 0.6) is 0 Å². The molecule has 3 rings (SSSR count).